The molecule has 0 N–H and O–H groups in total. The first-order valence-electron chi connectivity index (χ1n) is 11.0. The van der Waals surface area contributed by atoms with Gasteiger partial charge in [0.15, 0.2) is 5.82 Å². The molecule has 4 rings (SSSR count). The topological polar surface area (TPSA) is 70.9 Å². The zero-order chi connectivity index (χ0) is 20.9. The van der Waals surface area contributed by atoms with Crippen molar-refractivity contribution < 1.29 is 9.53 Å². The second kappa shape index (κ2) is 9.57. The first-order valence-corrected chi connectivity index (χ1v) is 11.0. The summed E-state index contributed by atoms with van der Waals surface area (Å²) in [6.45, 7) is 9.53. The predicted octanol–water partition coefficient (Wildman–Crippen LogP) is 1.18. The Labute approximate surface area is 177 Å². The van der Waals surface area contributed by atoms with Crippen LogP contribution in [0.3, 0.4) is 0 Å². The van der Waals surface area contributed by atoms with E-state index in [1.807, 2.05) is 34.1 Å². The van der Waals surface area contributed by atoms with E-state index in [4.69, 9.17) is 4.74 Å². The number of nitrogens with zero attached hydrogens (tertiary/aromatic N) is 5. The van der Waals surface area contributed by atoms with E-state index in [1.165, 1.54) is 0 Å². The van der Waals surface area contributed by atoms with Gasteiger partial charge in [-0.1, -0.05) is 19.1 Å². The Hall–Kier alpha value is -2.45. The van der Waals surface area contributed by atoms with Gasteiger partial charge in [-0.15, -0.1) is 0 Å². The van der Waals surface area contributed by atoms with Crippen molar-refractivity contribution in [3.8, 4) is 0 Å². The van der Waals surface area contributed by atoms with Gasteiger partial charge >= 0.3 is 0 Å². The first kappa shape index (κ1) is 20.8. The van der Waals surface area contributed by atoms with E-state index in [0.717, 1.165) is 50.2 Å². The molecule has 2 fully saturated rings. The fourth-order valence-electron chi connectivity index (χ4n) is 4.28. The molecule has 1 aromatic heterocycles. The molecule has 0 atom stereocenters. The third-order valence-corrected chi connectivity index (χ3v) is 5.96. The van der Waals surface area contributed by atoms with E-state index in [0.29, 0.717) is 45.1 Å². The molecule has 162 valence electrons. The minimum atomic E-state index is -0.129. The van der Waals surface area contributed by atoms with E-state index < -0.39 is 0 Å². The summed E-state index contributed by atoms with van der Waals surface area (Å²) in [5.74, 6) is 0.574. The molecule has 3 heterocycles. The highest BCUT2D eigenvalue weighted by Crippen LogP contribution is 2.16. The fourth-order valence-corrected chi connectivity index (χ4v) is 4.28. The molecule has 0 saturated carbocycles. The molecule has 1 aromatic carbocycles. The average molecular weight is 414 g/mol. The summed E-state index contributed by atoms with van der Waals surface area (Å²) >= 11 is 0. The van der Waals surface area contributed by atoms with Crippen LogP contribution in [0.1, 0.15) is 19.8 Å². The molecule has 2 aliphatic heterocycles. The number of aromatic nitrogens is 2. The number of para-hydroxylation sites is 2. The van der Waals surface area contributed by atoms with Crippen LogP contribution in [-0.4, -0.2) is 84.3 Å². The number of amides is 1. The van der Waals surface area contributed by atoms with Gasteiger partial charge in [0.25, 0.3) is 5.56 Å². The van der Waals surface area contributed by atoms with Crippen LogP contribution in [-0.2, 0) is 16.1 Å². The van der Waals surface area contributed by atoms with Crippen molar-refractivity contribution in [1.29, 1.82) is 0 Å². The Morgan fingerprint density at radius 1 is 1.03 bits per heavy atom. The van der Waals surface area contributed by atoms with Gasteiger partial charge in [0.1, 0.15) is 0 Å². The lowest BCUT2D eigenvalue weighted by molar-refractivity contribution is -0.133. The summed E-state index contributed by atoms with van der Waals surface area (Å²) in [7, 11) is 0. The number of piperazine rings is 1. The lowest BCUT2D eigenvalue weighted by Crippen LogP contribution is -2.49. The Kier molecular flexibility index (Phi) is 6.64. The second-order valence-electron chi connectivity index (χ2n) is 7.95. The SMILES string of the molecule is CCCN1CCN(C(=O)CCn2c(=O)c(N3CCOCC3)nc3ccccc32)CC1. The van der Waals surface area contributed by atoms with E-state index in [2.05, 4.69) is 16.8 Å². The van der Waals surface area contributed by atoms with Crippen molar-refractivity contribution in [1.82, 2.24) is 19.4 Å². The minimum Gasteiger partial charge on any atom is -0.378 e. The van der Waals surface area contributed by atoms with Crippen LogP contribution in [0.15, 0.2) is 29.1 Å². The highest BCUT2D eigenvalue weighted by molar-refractivity contribution is 5.78. The normalized spacial score (nSPS) is 18.2. The maximum Gasteiger partial charge on any atom is 0.294 e. The molecule has 0 unspecified atom stereocenters. The summed E-state index contributed by atoms with van der Waals surface area (Å²) in [4.78, 5) is 37.1. The molecule has 1 amide bonds. The van der Waals surface area contributed by atoms with Gasteiger partial charge in [-0.2, -0.15) is 0 Å². The quantitative estimate of drug-likeness (QED) is 0.708. The first-order chi connectivity index (χ1) is 14.7. The van der Waals surface area contributed by atoms with Crippen molar-refractivity contribution >= 4 is 22.8 Å². The maximum absolute atomic E-state index is 13.3. The number of morpholine rings is 1. The van der Waals surface area contributed by atoms with Crippen molar-refractivity contribution in [2.45, 2.75) is 26.3 Å². The summed E-state index contributed by atoms with van der Waals surface area (Å²) in [5, 5.41) is 0. The van der Waals surface area contributed by atoms with E-state index in [-0.39, 0.29) is 11.5 Å². The van der Waals surface area contributed by atoms with Crippen molar-refractivity contribution in [2.75, 3.05) is 63.9 Å². The van der Waals surface area contributed by atoms with E-state index in [1.54, 1.807) is 4.57 Å². The monoisotopic (exact) mass is 413 g/mol. The van der Waals surface area contributed by atoms with Gasteiger partial charge in [0.2, 0.25) is 5.91 Å². The lowest BCUT2D eigenvalue weighted by Gasteiger charge is -2.34. The van der Waals surface area contributed by atoms with Crippen molar-refractivity contribution in [3.05, 3.63) is 34.6 Å². The minimum absolute atomic E-state index is 0.117. The molecule has 8 heteroatoms. The number of hydrogen-bond acceptors (Lipinski definition) is 6. The highest BCUT2D eigenvalue weighted by atomic mass is 16.5. The van der Waals surface area contributed by atoms with E-state index in [9.17, 15) is 9.59 Å². The molecule has 0 bridgehead atoms. The average Bonchev–Trinajstić information content (AvgIpc) is 2.79. The smallest absolute Gasteiger partial charge is 0.294 e. The van der Waals surface area contributed by atoms with Crippen LogP contribution in [0.5, 0.6) is 0 Å². The number of anilines is 1. The molecular weight excluding hydrogens is 382 g/mol. The van der Waals surface area contributed by atoms with Crippen LogP contribution < -0.4 is 10.5 Å². The molecule has 2 aliphatic rings. The number of fused-ring (bicyclic) bond motifs is 1. The number of rotatable bonds is 6. The Morgan fingerprint density at radius 2 is 1.77 bits per heavy atom. The molecule has 0 aliphatic carbocycles. The number of aryl methyl sites for hydroxylation is 1. The number of ether oxygens (including phenoxy) is 1. The zero-order valence-corrected chi connectivity index (χ0v) is 17.8. The molecule has 2 saturated heterocycles. The maximum atomic E-state index is 13.3. The molecule has 0 spiro atoms. The third kappa shape index (κ3) is 4.49. The summed E-state index contributed by atoms with van der Waals surface area (Å²) in [6.07, 6.45) is 1.46. The van der Waals surface area contributed by atoms with Gasteiger partial charge in [-0.05, 0) is 25.1 Å². The zero-order valence-electron chi connectivity index (χ0n) is 17.8. The van der Waals surface area contributed by atoms with Gasteiger partial charge < -0.3 is 19.1 Å². The standard InChI is InChI=1S/C22H31N5O3/c1-2-8-24-10-12-25(13-11-24)20(28)7-9-27-19-6-4-3-5-18(19)23-21(22(27)29)26-14-16-30-17-15-26/h3-6H,2,7-17H2,1H3. The third-order valence-electron chi connectivity index (χ3n) is 5.96. The van der Waals surface area contributed by atoms with Crippen LogP contribution in [0.25, 0.3) is 11.0 Å². The van der Waals surface area contributed by atoms with Crippen molar-refractivity contribution in [2.24, 2.45) is 0 Å². The Balaban J connectivity index is 1.51. The van der Waals surface area contributed by atoms with Gasteiger partial charge in [-0.3, -0.25) is 14.5 Å². The van der Waals surface area contributed by atoms with Gasteiger partial charge in [0.05, 0.1) is 24.2 Å². The Morgan fingerprint density at radius 3 is 2.50 bits per heavy atom. The van der Waals surface area contributed by atoms with Crippen LogP contribution in [0.2, 0.25) is 0 Å². The predicted molar refractivity (Wildman–Crippen MR) is 117 cm³/mol. The number of benzene rings is 1. The van der Waals surface area contributed by atoms with Crippen molar-refractivity contribution in [3.63, 3.8) is 0 Å². The lowest BCUT2D eigenvalue weighted by atomic mass is 10.2. The highest BCUT2D eigenvalue weighted by Gasteiger charge is 2.22. The molecule has 0 radical (unpaired) electrons. The summed E-state index contributed by atoms with van der Waals surface area (Å²) < 4.78 is 7.14. The van der Waals surface area contributed by atoms with Gasteiger partial charge in [0, 0.05) is 52.2 Å². The van der Waals surface area contributed by atoms with Crippen LogP contribution in [0.4, 0.5) is 5.82 Å². The number of carbonyl (C=O) groups is 1. The Bertz CT molecular complexity index is 930. The number of hydrogen-bond donors (Lipinski definition) is 0. The van der Waals surface area contributed by atoms with Crippen LogP contribution >= 0.6 is 0 Å². The molecule has 8 nitrogen and oxygen atoms in total. The van der Waals surface area contributed by atoms with Gasteiger partial charge in [-0.25, -0.2) is 4.98 Å². The second-order valence-corrected chi connectivity index (χ2v) is 7.95. The molecular formula is C22H31N5O3. The van der Waals surface area contributed by atoms with Crippen LogP contribution in [0, 0.1) is 0 Å². The number of carbonyl (C=O) groups excluding carboxylic acids is 1. The van der Waals surface area contributed by atoms with E-state index >= 15 is 0 Å². The molecule has 30 heavy (non-hydrogen) atoms. The molecule has 2 aromatic rings. The largest absolute Gasteiger partial charge is 0.378 e. The summed E-state index contributed by atoms with van der Waals surface area (Å²) in [5.41, 5.74) is 1.43. The fraction of sp³-hybridized carbons (Fsp3) is 0.591. The summed E-state index contributed by atoms with van der Waals surface area (Å²) in [6, 6.07) is 7.65.